The molecule has 1 aromatic heterocycles. The Kier molecular flexibility index (Phi) is 3.31. The summed E-state index contributed by atoms with van der Waals surface area (Å²) in [4.78, 5) is 2.61. The minimum absolute atomic E-state index is 0.461. The first kappa shape index (κ1) is 12.1. The van der Waals surface area contributed by atoms with Crippen molar-refractivity contribution in [1.82, 2.24) is 15.1 Å². The number of rotatable bonds is 3. The van der Waals surface area contributed by atoms with E-state index in [4.69, 9.17) is 4.74 Å². The fraction of sp³-hybridized carbons (Fsp3) is 0.714. The summed E-state index contributed by atoms with van der Waals surface area (Å²) in [5.74, 6) is 0. The average molecular weight is 247 g/mol. The molecule has 2 aliphatic rings. The topological polar surface area (TPSA) is 38.2 Å². The number of methoxy groups -OCH3 is 1. The van der Waals surface area contributed by atoms with Gasteiger partial charge in [-0.15, -0.1) is 0 Å². The van der Waals surface area contributed by atoms with E-state index < -0.39 is 0 Å². The Hall–Kier alpha value is -1.00. The molecule has 0 aromatic carbocycles. The van der Waals surface area contributed by atoms with Crippen LogP contribution in [0.4, 0.5) is 0 Å². The Morgan fingerprint density at radius 1 is 1.22 bits per heavy atom. The maximum atomic E-state index is 5.53. The van der Waals surface area contributed by atoms with E-state index in [0.717, 1.165) is 17.9 Å². The molecule has 4 nitrogen and oxygen atoms in total. The smallest absolute Gasteiger partial charge is 0.0771 e. The first-order valence-corrected chi connectivity index (χ1v) is 6.84. The lowest BCUT2D eigenvalue weighted by Crippen LogP contribution is -2.44. The van der Waals surface area contributed by atoms with E-state index in [-0.39, 0.29) is 0 Å². The molecule has 2 saturated heterocycles. The highest BCUT2D eigenvalue weighted by Crippen LogP contribution is 2.37. The van der Waals surface area contributed by atoms with Crippen molar-refractivity contribution in [2.24, 2.45) is 0 Å². The third-order valence-electron chi connectivity index (χ3n) is 4.37. The summed E-state index contributed by atoms with van der Waals surface area (Å²) < 4.78 is 5.53. The number of fused-ring (bicyclic) bond motifs is 2. The van der Waals surface area contributed by atoms with E-state index in [1.807, 2.05) is 20.1 Å². The molecule has 4 heteroatoms. The lowest BCUT2D eigenvalue weighted by molar-refractivity contribution is 0.00197. The minimum atomic E-state index is 0.461. The number of nitrogens with zero attached hydrogens (tertiary/aromatic N) is 3. The van der Waals surface area contributed by atoms with E-state index in [2.05, 4.69) is 21.2 Å². The van der Waals surface area contributed by atoms with Crippen molar-refractivity contribution in [3.63, 3.8) is 0 Å². The normalized spacial score (nSPS) is 31.8. The third kappa shape index (κ3) is 2.27. The zero-order valence-corrected chi connectivity index (χ0v) is 11.2. The molecule has 0 N–H and O–H groups in total. The summed E-state index contributed by atoms with van der Waals surface area (Å²) in [6.45, 7) is 2.92. The van der Waals surface area contributed by atoms with Crippen molar-refractivity contribution in [2.75, 3.05) is 7.11 Å². The van der Waals surface area contributed by atoms with Crippen LogP contribution in [0, 0.1) is 6.92 Å². The fourth-order valence-electron chi connectivity index (χ4n) is 3.37. The lowest BCUT2D eigenvalue weighted by atomic mass is 9.99. The van der Waals surface area contributed by atoms with E-state index in [1.165, 1.54) is 25.7 Å². The zero-order valence-electron chi connectivity index (χ0n) is 11.2. The van der Waals surface area contributed by atoms with Crippen molar-refractivity contribution < 1.29 is 4.74 Å². The van der Waals surface area contributed by atoms with Crippen molar-refractivity contribution in [1.29, 1.82) is 0 Å². The monoisotopic (exact) mass is 247 g/mol. The van der Waals surface area contributed by atoms with Crippen LogP contribution in [0.15, 0.2) is 12.1 Å². The van der Waals surface area contributed by atoms with Crippen LogP contribution in [-0.4, -0.2) is 40.4 Å². The molecule has 3 rings (SSSR count). The first-order valence-electron chi connectivity index (χ1n) is 6.84. The Balaban J connectivity index is 1.69. The second-order valence-electron chi connectivity index (χ2n) is 5.55. The van der Waals surface area contributed by atoms with Gasteiger partial charge in [-0.05, 0) is 44.7 Å². The van der Waals surface area contributed by atoms with Gasteiger partial charge in [-0.1, -0.05) is 0 Å². The summed E-state index contributed by atoms with van der Waals surface area (Å²) in [5, 5.41) is 8.43. The SMILES string of the molecule is COC1CC2CCC(C1)N2Cc1ccc(C)nn1. The van der Waals surface area contributed by atoms with Gasteiger partial charge in [0, 0.05) is 25.7 Å². The van der Waals surface area contributed by atoms with Gasteiger partial charge in [0.05, 0.1) is 17.5 Å². The standard InChI is InChI=1S/C14H21N3O/c1-10-3-4-11(16-15-10)9-17-12-5-6-13(17)8-14(7-12)18-2/h3-4,12-14H,5-9H2,1-2H3. The Morgan fingerprint density at radius 3 is 2.50 bits per heavy atom. The molecule has 1 aromatic rings. The molecule has 0 aliphatic carbocycles. The van der Waals surface area contributed by atoms with Gasteiger partial charge in [0.15, 0.2) is 0 Å². The fourth-order valence-corrected chi connectivity index (χ4v) is 3.37. The van der Waals surface area contributed by atoms with Crippen LogP contribution >= 0.6 is 0 Å². The van der Waals surface area contributed by atoms with Gasteiger partial charge in [-0.3, -0.25) is 4.90 Å². The number of ether oxygens (including phenoxy) is 1. The number of piperidine rings is 1. The van der Waals surface area contributed by atoms with Crippen LogP contribution in [0.2, 0.25) is 0 Å². The summed E-state index contributed by atoms with van der Waals surface area (Å²) in [7, 11) is 1.84. The predicted octanol–water partition coefficient (Wildman–Crippen LogP) is 1.93. The van der Waals surface area contributed by atoms with E-state index in [0.29, 0.717) is 18.2 Å². The van der Waals surface area contributed by atoms with Gasteiger partial charge >= 0.3 is 0 Å². The van der Waals surface area contributed by atoms with Crippen molar-refractivity contribution >= 4 is 0 Å². The summed E-state index contributed by atoms with van der Waals surface area (Å²) in [5.41, 5.74) is 2.08. The lowest BCUT2D eigenvalue weighted by Gasteiger charge is -2.38. The molecule has 2 aliphatic heterocycles. The third-order valence-corrected chi connectivity index (χ3v) is 4.37. The zero-order chi connectivity index (χ0) is 12.5. The van der Waals surface area contributed by atoms with Gasteiger partial charge in [-0.25, -0.2) is 0 Å². The van der Waals surface area contributed by atoms with Gasteiger partial charge < -0.3 is 4.74 Å². The van der Waals surface area contributed by atoms with E-state index >= 15 is 0 Å². The maximum Gasteiger partial charge on any atom is 0.0771 e. The molecule has 98 valence electrons. The van der Waals surface area contributed by atoms with Crippen molar-refractivity contribution in [2.45, 2.75) is 57.3 Å². The summed E-state index contributed by atoms with van der Waals surface area (Å²) >= 11 is 0. The quantitative estimate of drug-likeness (QED) is 0.818. The largest absolute Gasteiger partial charge is 0.381 e. The number of hydrogen-bond donors (Lipinski definition) is 0. The molecule has 2 unspecified atom stereocenters. The van der Waals surface area contributed by atoms with Crippen LogP contribution in [0.1, 0.15) is 37.1 Å². The summed E-state index contributed by atoms with van der Waals surface area (Å²) in [6, 6.07) is 5.50. The van der Waals surface area contributed by atoms with E-state index in [1.54, 1.807) is 0 Å². The van der Waals surface area contributed by atoms with Crippen LogP contribution in [0.25, 0.3) is 0 Å². The number of aromatic nitrogens is 2. The molecule has 0 spiro atoms. The Bertz CT molecular complexity index is 392. The highest BCUT2D eigenvalue weighted by Gasteiger charge is 2.40. The second kappa shape index (κ2) is 4.94. The highest BCUT2D eigenvalue weighted by molar-refractivity contribution is 5.07. The highest BCUT2D eigenvalue weighted by atomic mass is 16.5. The summed E-state index contributed by atoms with van der Waals surface area (Å²) in [6.07, 6.45) is 5.43. The molecule has 2 atom stereocenters. The Morgan fingerprint density at radius 2 is 1.94 bits per heavy atom. The van der Waals surface area contributed by atoms with Crippen molar-refractivity contribution in [3.05, 3.63) is 23.5 Å². The molecule has 0 radical (unpaired) electrons. The Labute approximate surface area is 108 Å². The number of hydrogen-bond acceptors (Lipinski definition) is 4. The molecule has 2 fully saturated rings. The second-order valence-corrected chi connectivity index (χ2v) is 5.55. The number of aryl methyl sites for hydroxylation is 1. The molecule has 0 saturated carbocycles. The molecule has 2 bridgehead atoms. The first-order chi connectivity index (χ1) is 8.76. The molecular weight excluding hydrogens is 226 g/mol. The van der Waals surface area contributed by atoms with Crippen LogP contribution in [0.5, 0.6) is 0 Å². The molecule has 18 heavy (non-hydrogen) atoms. The predicted molar refractivity (Wildman–Crippen MR) is 69.2 cm³/mol. The molecule has 0 amide bonds. The van der Waals surface area contributed by atoms with Gasteiger partial charge in [0.2, 0.25) is 0 Å². The average Bonchev–Trinajstić information content (AvgIpc) is 2.63. The van der Waals surface area contributed by atoms with Gasteiger partial charge in [0.25, 0.3) is 0 Å². The van der Waals surface area contributed by atoms with Crippen LogP contribution < -0.4 is 0 Å². The van der Waals surface area contributed by atoms with Gasteiger partial charge in [0.1, 0.15) is 0 Å². The minimum Gasteiger partial charge on any atom is -0.381 e. The molecular formula is C14H21N3O. The van der Waals surface area contributed by atoms with Crippen LogP contribution in [0.3, 0.4) is 0 Å². The molecule has 3 heterocycles. The van der Waals surface area contributed by atoms with Gasteiger partial charge in [-0.2, -0.15) is 10.2 Å². The maximum absolute atomic E-state index is 5.53. The van der Waals surface area contributed by atoms with Crippen molar-refractivity contribution in [3.8, 4) is 0 Å². The van der Waals surface area contributed by atoms with Crippen LogP contribution in [-0.2, 0) is 11.3 Å². The van der Waals surface area contributed by atoms with E-state index in [9.17, 15) is 0 Å².